The predicted molar refractivity (Wildman–Crippen MR) is 135 cm³/mol. The van der Waals surface area contributed by atoms with Gasteiger partial charge in [0, 0.05) is 36.0 Å². The summed E-state index contributed by atoms with van der Waals surface area (Å²) in [6.07, 6.45) is 5.00. The van der Waals surface area contributed by atoms with E-state index in [1.165, 1.54) is 7.11 Å². The molecular weight excluding hydrogens is 468 g/mol. The van der Waals surface area contributed by atoms with Gasteiger partial charge in [-0.1, -0.05) is 37.1 Å². The summed E-state index contributed by atoms with van der Waals surface area (Å²) < 4.78 is 3.86. The summed E-state index contributed by atoms with van der Waals surface area (Å²) in [6, 6.07) is 13.1. The van der Waals surface area contributed by atoms with Gasteiger partial charge in [0.25, 0.3) is 6.47 Å². The second kappa shape index (κ2) is 12.0. The molecule has 2 aromatic rings. The van der Waals surface area contributed by atoms with Crippen LogP contribution in [0.5, 0.6) is 0 Å². The molecule has 0 radical (unpaired) electrons. The number of hydrogen-bond donors (Lipinski definition) is 1. The molecule has 0 aliphatic carbocycles. The molecule has 8 nitrogen and oxygen atoms in total. The van der Waals surface area contributed by atoms with E-state index in [4.69, 9.17) is 16.4 Å². The lowest BCUT2D eigenvalue weighted by atomic mass is 9.63. The Labute approximate surface area is 211 Å². The molecule has 35 heavy (non-hydrogen) atoms. The topological polar surface area (TPSA) is 91.8 Å². The van der Waals surface area contributed by atoms with E-state index in [2.05, 4.69) is 22.0 Å². The minimum atomic E-state index is -0.539. The number of amides is 3. The fraction of sp³-hybridized carbons (Fsp3) is 0.462. The van der Waals surface area contributed by atoms with Gasteiger partial charge in [-0.2, -0.15) is 0 Å². The quantitative estimate of drug-likeness (QED) is 0.462. The van der Waals surface area contributed by atoms with Crippen molar-refractivity contribution >= 4 is 35.7 Å². The van der Waals surface area contributed by atoms with Crippen LogP contribution < -0.4 is 10.2 Å². The number of nitrogens with one attached hydrogen (secondary N) is 1. The number of hydrogen-bond acceptors (Lipinski definition) is 5. The Bertz CT molecular complexity index is 1010. The van der Waals surface area contributed by atoms with Crippen molar-refractivity contribution in [1.29, 1.82) is 0 Å². The Morgan fingerprint density at radius 1 is 1.29 bits per heavy atom. The van der Waals surface area contributed by atoms with Gasteiger partial charge in [0.15, 0.2) is 0 Å². The molecule has 2 aliphatic heterocycles. The van der Waals surface area contributed by atoms with Crippen LogP contribution in [0.25, 0.3) is 0 Å². The van der Waals surface area contributed by atoms with Gasteiger partial charge < -0.3 is 19.9 Å². The van der Waals surface area contributed by atoms with Crippen molar-refractivity contribution in [3.8, 4) is 0 Å². The highest BCUT2D eigenvalue weighted by molar-refractivity contribution is 6.31. The number of aromatic nitrogens is 1. The number of rotatable bonds is 6. The molecule has 4 rings (SSSR count). The zero-order valence-corrected chi connectivity index (χ0v) is 21.2. The van der Waals surface area contributed by atoms with Gasteiger partial charge >= 0.3 is 6.03 Å². The maximum Gasteiger partial charge on any atom is 0.317 e. The number of piperidine rings is 1. The van der Waals surface area contributed by atoms with Gasteiger partial charge in [0.05, 0.1) is 24.3 Å². The van der Waals surface area contributed by atoms with Gasteiger partial charge in [-0.05, 0) is 56.5 Å². The number of anilines is 1. The summed E-state index contributed by atoms with van der Waals surface area (Å²) >= 11 is 6.20. The number of urea groups is 1. The summed E-state index contributed by atoms with van der Waals surface area (Å²) in [5.41, 5.74) is 1.12. The van der Waals surface area contributed by atoms with Crippen molar-refractivity contribution in [2.45, 2.75) is 51.6 Å². The first-order valence-corrected chi connectivity index (χ1v) is 12.3. The smallest absolute Gasteiger partial charge is 0.317 e. The zero-order chi connectivity index (χ0) is 25.4. The van der Waals surface area contributed by atoms with Gasteiger partial charge in [-0.3, -0.25) is 14.6 Å². The van der Waals surface area contributed by atoms with E-state index in [0.717, 1.165) is 24.2 Å². The monoisotopic (exact) mass is 500 g/mol. The van der Waals surface area contributed by atoms with Crippen molar-refractivity contribution in [2.24, 2.45) is 5.41 Å². The van der Waals surface area contributed by atoms with E-state index < -0.39 is 5.41 Å². The zero-order valence-electron chi connectivity index (χ0n) is 20.4. The van der Waals surface area contributed by atoms with Crippen LogP contribution >= 0.6 is 11.6 Å². The number of pyridine rings is 1. The molecule has 1 N–H and O–H groups in total. The van der Waals surface area contributed by atoms with Crippen LogP contribution in [0.15, 0.2) is 48.7 Å². The van der Waals surface area contributed by atoms with Crippen LogP contribution in [0.2, 0.25) is 5.02 Å². The number of ether oxygens (including phenoxy) is 1. The van der Waals surface area contributed by atoms with Crippen LogP contribution in [0.1, 0.15) is 51.3 Å². The van der Waals surface area contributed by atoms with E-state index >= 15 is 0 Å². The molecule has 1 spiro atoms. The molecule has 2 atom stereocenters. The van der Waals surface area contributed by atoms with Crippen LogP contribution in [0, 0.1) is 5.41 Å². The molecule has 188 valence electrons. The number of β-lactam (4-membered cyclic amide) rings is 1. The molecule has 3 heterocycles. The third kappa shape index (κ3) is 5.75. The lowest BCUT2D eigenvalue weighted by Gasteiger charge is -2.58. The molecule has 2 unspecified atom stereocenters. The highest BCUT2D eigenvalue weighted by Gasteiger charge is 2.62. The second-order valence-electron chi connectivity index (χ2n) is 8.93. The largest absolute Gasteiger partial charge is 0.471 e. The first-order chi connectivity index (χ1) is 16.9. The fourth-order valence-corrected chi connectivity index (χ4v) is 5.09. The fourth-order valence-electron chi connectivity index (χ4n) is 4.90. The van der Waals surface area contributed by atoms with E-state index in [-0.39, 0.29) is 24.0 Å². The normalized spacial score (nSPS) is 19.2. The number of halogens is 1. The standard InChI is InChI=1S/C24H29ClN4O2.C2H4O2/c1-3-7-17(2)27-23(31)28-14-11-24(12-15-28)21(20-10-4-5-13-26-20)29(22(24)30)19-9-6-8-18(25)16-19;1-4-2-3/h4-6,8-10,13,16-17,21H,3,7,11-12,14-15H2,1-2H3,(H,27,31);2H,1H3. The summed E-state index contributed by atoms with van der Waals surface area (Å²) in [5.74, 6) is 0.0878. The Balaban J connectivity index is 0.000000795. The third-order valence-electron chi connectivity index (χ3n) is 6.61. The number of nitrogens with zero attached hydrogens (tertiary/aromatic N) is 3. The summed E-state index contributed by atoms with van der Waals surface area (Å²) in [5, 5.41) is 3.67. The lowest BCUT2D eigenvalue weighted by Crippen LogP contribution is -2.67. The van der Waals surface area contributed by atoms with Gasteiger partial charge in [0.2, 0.25) is 5.91 Å². The summed E-state index contributed by atoms with van der Waals surface area (Å²) in [6.45, 7) is 5.63. The predicted octanol–water partition coefficient (Wildman–Crippen LogP) is 4.59. The first kappa shape index (κ1) is 26.5. The third-order valence-corrected chi connectivity index (χ3v) is 6.85. The van der Waals surface area contributed by atoms with E-state index in [9.17, 15) is 9.59 Å². The Morgan fingerprint density at radius 3 is 2.57 bits per heavy atom. The number of methoxy groups -OCH3 is 1. The molecular formula is C26H33ClN4O4. The van der Waals surface area contributed by atoms with E-state index in [1.807, 2.05) is 53.1 Å². The lowest BCUT2D eigenvalue weighted by molar-refractivity contribution is -0.144. The number of likely N-dealkylation sites (tertiary alicyclic amines) is 1. The molecule has 0 bridgehead atoms. The molecule has 0 saturated carbocycles. The highest BCUT2D eigenvalue weighted by Crippen LogP contribution is 2.57. The molecule has 2 saturated heterocycles. The van der Waals surface area contributed by atoms with E-state index in [0.29, 0.717) is 37.4 Å². The van der Waals surface area contributed by atoms with Crippen LogP contribution in [0.3, 0.4) is 0 Å². The molecule has 1 aromatic carbocycles. The van der Waals surface area contributed by atoms with Crippen molar-refractivity contribution in [2.75, 3.05) is 25.1 Å². The van der Waals surface area contributed by atoms with Crippen molar-refractivity contribution in [3.63, 3.8) is 0 Å². The Morgan fingerprint density at radius 2 is 2.00 bits per heavy atom. The molecule has 9 heteroatoms. The SMILES string of the molecule is CCCC(C)NC(=O)N1CCC2(CC1)C(=O)N(c1cccc(Cl)c1)C2c1ccccn1.COC=O. The Hall–Kier alpha value is -3.13. The average Bonchev–Trinajstić information content (AvgIpc) is 2.87. The van der Waals surface area contributed by atoms with Crippen LogP contribution in [-0.4, -0.2) is 54.5 Å². The van der Waals surface area contributed by atoms with Crippen molar-refractivity contribution in [1.82, 2.24) is 15.2 Å². The minimum Gasteiger partial charge on any atom is -0.471 e. The van der Waals surface area contributed by atoms with Crippen molar-refractivity contribution < 1.29 is 19.1 Å². The maximum absolute atomic E-state index is 13.5. The number of carbonyl (C=O) groups is 3. The minimum absolute atomic E-state index is 0.0383. The molecule has 2 fully saturated rings. The summed E-state index contributed by atoms with van der Waals surface area (Å²) in [4.78, 5) is 43.3. The number of benzene rings is 1. The highest BCUT2D eigenvalue weighted by atomic mass is 35.5. The van der Waals surface area contributed by atoms with Gasteiger partial charge in [-0.15, -0.1) is 0 Å². The Kier molecular flexibility index (Phi) is 9.09. The maximum atomic E-state index is 13.5. The molecule has 1 aromatic heterocycles. The second-order valence-corrected chi connectivity index (χ2v) is 9.36. The number of carbonyl (C=O) groups excluding carboxylic acids is 3. The molecule has 3 amide bonds. The van der Waals surface area contributed by atoms with Crippen LogP contribution in [-0.2, 0) is 14.3 Å². The van der Waals surface area contributed by atoms with Crippen molar-refractivity contribution in [3.05, 3.63) is 59.4 Å². The van der Waals surface area contributed by atoms with Gasteiger partial charge in [0.1, 0.15) is 0 Å². The van der Waals surface area contributed by atoms with Gasteiger partial charge in [-0.25, -0.2) is 4.79 Å². The average molecular weight is 501 g/mol. The summed E-state index contributed by atoms with van der Waals surface area (Å²) in [7, 11) is 1.31. The van der Waals surface area contributed by atoms with Crippen LogP contribution in [0.4, 0.5) is 10.5 Å². The first-order valence-electron chi connectivity index (χ1n) is 11.9. The van der Waals surface area contributed by atoms with E-state index in [1.54, 1.807) is 12.3 Å². The molecule has 2 aliphatic rings.